The highest BCUT2D eigenvalue weighted by Crippen LogP contribution is 2.91. The molecule has 1 heterocycles. The maximum absolute atomic E-state index is 12.8. The molecule has 0 saturated heterocycles. The number of nitrogens with one attached hydrogen (secondary N) is 1. The fraction of sp³-hybridized carbons (Fsp3) is 0.571. The van der Waals surface area contributed by atoms with E-state index in [1.807, 2.05) is 0 Å². The van der Waals surface area contributed by atoms with Crippen molar-refractivity contribution in [3.8, 4) is 5.88 Å². The van der Waals surface area contributed by atoms with Crippen LogP contribution in [0.1, 0.15) is 18.4 Å². The van der Waals surface area contributed by atoms with Gasteiger partial charge in [-0.1, -0.05) is 0 Å². The molecule has 0 aliphatic heterocycles. The van der Waals surface area contributed by atoms with Crippen LogP contribution in [0.25, 0.3) is 0 Å². The lowest BCUT2D eigenvalue weighted by atomic mass is 10.2. The van der Waals surface area contributed by atoms with Gasteiger partial charge in [-0.25, -0.2) is 4.98 Å². The zero-order valence-electron chi connectivity index (χ0n) is 12.1. The molecule has 0 unspecified atom stereocenters. The molecule has 0 spiro atoms. The van der Waals surface area contributed by atoms with E-state index < -0.39 is 35.7 Å². The molecule has 1 amide bonds. The highest BCUT2D eigenvalue weighted by atomic mass is 19.4. The molecule has 132 valence electrons. The van der Waals surface area contributed by atoms with Crippen LogP contribution in [0.3, 0.4) is 0 Å². The number of alkyl halides is 6. The predicted octanol–water partition coefficient (Wildman–Crippen LogP) is 2.98. The number of hydrogen-bond acceptors (Lipinski definition) is 3. The molecule has 3 rings (SSSR count). The number of hydrogen-bond donors (Lipinski definition) is 1. The number of carbonyl (C=O) groups excluding carboxylic acids is 1. The summed E-state index contributed by atoms with van der Waals surface area (Å²) in [7, 11) is 0. The van der Waals surface area contributed by atoms with Gasteiger partial charge in [0.25, 0.3) is 0 Å². The number of amides is 1. The van der Waals surface area contributed by atoms with Gasteiger partial charge in [-0.05, 0) is 24.5 Å². The summed E-state index contributed by atoms with van der Waals surface area (Å²) in [4.78, 5) is 15.5. The summed E-state index contributed by atoms with van der Waals surface area (Å²) >= 11 is 0. The Kier molecular flexibility index (Phi) is 3.51. The van der Waals surface area contributed by atoms with Gasteiger partial charge in [0.1, 0.15) is 0 Å². The number of aromatic nitrogens is 1. The second-order valence-electron chi connectivity index (χ2n) is 6.10. The van der Waals surface area contributed by atoms with Crippen molar-refractivity contribution in [2.75, 3.05) is 6.61 Å². The molecule has 1 aromatic heterocycles. The summed E-state index contributed by atoms with van der Waals surface area (Å²) in [6, 6.07) is 2.62. The largest absolute Gasteiger partial charge is 0.468 e. The van der Waals surface area contributed by atoms with Gasteiger partial charge in [-0.15, -0.1) is 0 Å². The van der Waals surface area contributed by atoms with Gasteiger partial charge in [0, 0.05) is 18.8 Å². The summed E-state index contributed by atoms with van der Waals surface area (Å²) < 4.78 is 79.0. The van der Waals surface area contributed by atoms with Crippen LogP contribution in [-0.4, -0.2) is 29.9 Å². The Morgan fingerprint density at radius 1 is 1.25 bits per heavy atom. The van der Waals surface area contributed by atoms with Crippen LogP contribution in [0.2, 0.25) is 0 Å². The lowest BCUT2D eigenvalue weighted by molar-refractivity contribution is -0.169. The van der Waals surface area contributed by atoms with Crippen molar-refractivity contribution < 1.29 is 35.9 Å². The molecule has 0 radical (unpaired) electrons. The molecular weight excluding hydrogens is 342 g/mol. The Morgan fingerprint density at radius 2 is 1.92 bits per heavy atom. The van der Waals surface area contributed by atoms with Crippen molar-refractivity contribution in [1.29, 1.82) is 0 Å². The van der Waals surface area contributed by atoms with Crippen molar-refractivity contribution in [1.82, 2.24) is 10.3 Å². The quantitative estimate of drug-likeness (QED) is 0.827. The number of ether oxygens (including phenoxy) is 1. The minimum atomic E-state index is -4.51. The molecule has 10 heteroatoms. The van der Waals surface area contributed by atoms with Gasteiger partial charge in [0.05, 0.1) is 10.8 Å². The van der Waals surface area contributed by atoms with Crippen molar-refractivity contribution in [2.45, 2.75) is 31.7 Å². The number of fused-ring (bicyclic) bond motifs is 1. The zero-order chi connectivity index (χ0) is 17.8. The van der Waals surface area contributed by atoms with Crippen molar-refractivity contribution in [3.05, 3.63) is 23.9 Å². The SMILES string of the molecule is O=C(NCc1ccnc(OCC(F)(F)F)c1)C12CC1(C(F)(F)F)C2. The lowest BCUT2D eigenvalue weighted by Gasteiger charge is -2.10. The van der Waals surface area contributed by atoms with Crippen LogP contribution in [0.15, 0.2) is 18.3 Å². The monoisotopic (exact) mass is 354 g/mol. The molecule has 0 atom stereocenters. The van der Waals surface area contributed by atoms with Crippen molar-refractivity contribution in [3.63, 3.8) is 0 Å². The molecule has 1 N–H and O–H groups in total. The Morgan fingerprint density at radius 3 is 2.46 bits per heavy atom. The number of halogens is 6. The van der Waals surface area contributed by atoms with Crippen LogP contribution in [0, 0.1) is 10.8 Å². The zero-order valence-corrected chi connectivity index (χ0v) is 12.1. The Hall–Kier alpha value is -2.00. The van der Waals surface area contributed by atoms with Crippen LogP contribution in [0.4, 0.5) is 26.3 Å². The average molecular weight is 354 g/mol. The molecule has 24 heavy (non-hydrogen) atoms. The fourth-order valence-corrected chi connectivity index (χ4v) is 2.89. The van der Waals surface area contributed by atoms with Gasteiger partial charge in [0.2, 0.25) is 11.8 Å². The second kappa shape index (κ2) is 5.00. The van der Waals surface area contributed by atoms with Gasteiger partial charge >= 0.3 is 12.4 Å². The van der Waals surface area contributed by atoms with E-state index in [4.69, 9.17) is 0 Å². The number of rotatable bonds is 5. The van der Waals surface area contributed by atoms with E-state index in [0.29, 0.717) is 5.56 Å². The molecule has 0 bridgehead atoms. The van der Waals surface area contributed by atoms with Crippen LogP contribution in [0.5, 0.6) is 5.88 Å². The van der Waals surface area contributed by atoms with E-state index in [2.05, 4.69) is 15.0 Å². The standard InChI is InChI=1S/C14H12F6N2O2/c15-13(16,17)7-24-9-3-8(1-2-21-9)4-22-10(23)11-5-12(11,6-11)14(18,19)20/h1-3H,4-7H2,(H,22,23). The topological polar surface area (TPSA) is 51.2 Å². The lowest BCUT2D eigenvalue weighted by Crippen LogP contribution is -2.28. The molecule has 2 aliphatic rings. The number of carbonyl (C=O) groups is 1. The summed E-state index contributed by atoms with van der Waals surface area (Å²) in [5, 5.41) is 2.40. The summed E-state index contributed by atoms with van der Waals surface area (Å²) in [6.07, 6.45) is -8.11. The van der Waals surface area contributed by atoms with E-state index >= 15 is 0 Å². The van der Waals surface area contributed by atoms with Gasteiger partial charge in [-0.3, -0.25) is 4.79 Å². The maximum atomic E-state index is 12.8. The average Bonchev–Trinajstić information content (AvgIpc) is 3.28. The molecule has 4 nitrogen and oxygen atoms in total. The minimum absolute atomic E-state index is 0.112. The molecular formula is C14H12F6N2O2. The molecule has 2 aliphatic carbocycles. The Balaban J connectivity index is 1.54. The molecule has 0 aromatic carbocycles. The third-order valence-corrected chi connectivity index (χ3v) is 4.49. The van der Waals surface area contributed by atoms with Gasteiger partial charge in [-0.2, -0.15) is 26.3 Å². The van der Waals surface area contributed by atoms with E-state index in [-0.39, 0.29) is 25.3 Å². The van der Waals surface area contributed by atoms with Crippen LogP contribution < -0.4 is 10.1 Å². The predicted molar refractivity (Wildman–Crippen MR) is 67.8 cm³/mol. The first-order valence-electron chi connectivity index (χ1n) is 6.99. The first-order valence-corrected chi connectivity index (χ1v) is 6.99. The Labute approximate surface area is 132 Å². The normalized spacial score (nSPS) is 28.1. The summed E-state index contributed by atoms with van der Waals surface area (Å²) in [5.41, 5.74) is -2.84. The van der Waals surface area contributed by atoms with Gasteiger partial charge < -0.3 is 10.1 Å². The molecule has 2 saturated carbocycles. The highest BCUT2D eigenvalue weighted by Gasteiger charge is 2.96. The van der Waals surface area contributed by atoms with Crippen LogP contribution >= 0.6 is 0 Å². The van der Waals surface area contributed by atoms with Crippen molar-refractivity contribution >= 4 is 5.91 Å². The van der Waals surface area contributed by atoms with E-state index in [1.165, 1.54) is 18.3 Å². The fourth-order valence-electron chi connectivity index (χ4n) is 2.89. The van der Waals surface area contributed by atoms with Crippen LogP contribution in [-0.2, 0) is 11.3 Å². The van der Waals surface area contributed by atoms with Crippen molar-refractivity contribution in [2.24, 2.45) is 10.8 Å². The molecule has 2 fully saturated rings. The van der Waals surface area contributed by atoms with E-state index in [0.717, 1.165) is 0 Å². The van der Waals surface area contributed by atoms with Gasteiger partial charge in [0.15, 0.2) is 6.61 Å². The van der Waals surface area contributed by atoms with E-state index in [1.54, 1.807) is 0 Å². The summed E-state index contributed by atoms with van der Waals surface area (Å²) in [6.45, 7) is -1.62. The third kappa shape index (κ3) is 2.78. The second-order valence-corrected chi connectivity index (χ2v) is 6.10. The minimum Gasteiger partial charge on any atom is -0.468 e. The third-order valence-electron chi connectivity index (χ3n) is 4.49. The number of nitrogens with zero attached hydrogens (tertiary/aromatic N) is 1. The first kappa shape index (κ1) is 16.8. The molecule has 1 aromatic rings. The smallest absolute Gasteiger partial charge is 0.422 e. The first-order chi connectivity index (χ1) is 11.0. The summed E-state index contributed by atoms with van der Waals surface area (Å²) in [5.74, 6) is -0.964. The Bertz CT molecular complexity index is 664. The number of pyridine rings is 1. The van der Waals surface area contributed by atoms with E-state index in [9.17, 15) is 31.1 Å². The maximum Gasteiger partial charge on any atom is 0.422 e. The highest BCUT2D eigenvalue weighted by molar-refractivity contribution is 5.92.